The van der Waals surface area contributed by atoms with E-state index in [4.69, 9.17) is 11.6 Å². The molecule has 1 heterocycles. The molecule has 1 aromatic carbocycles. The lowest BCUT2D eigenvalue weighted by Gasteiger charge is -2.13. The molecule has 17 heavy (non-hydrogen) atoms. The maximum absolute atomic E-state index is 5.91. The number of hydrogen-bond acceptors (Lipinski definition) is 4. The van der Waals surface area contributed by atoms with Gasteiger partial charge in [0.2, 0.25) is 0 Å². The van der Waals surface area contributed by atoms with Gasteiger partial charge < -0.3 is 10.2 Å². The van der Waals surface area contributed by atoms with Crippen LogP contribution in [0.25, 0.3) is 0 Å². The van der Waals surface area contributed by atoms with E-state index >= 15 is 0 Å². The average molecular weight is 249 g/mol. The van der Waals surface area contributed by atoms with Crippen molar-refractivity contribution in [3.63, 3.8) is 0 Å². The van der Waals surface area contributed by atoms with Gasteiger partial charge in [-0.25, -0.2) is 9.97 Å². The monoisotopic (exact) mass is 248 g/mol. The van der Waals surface area contributed by atoms with Crippen LogP contribution in [0, 0.1) is 0 Å². The Kier molecular flexibility index (Phi) is 3.44. The van der Waals surface area contributed by atoms with Gasteiger partial charge in [-0.05, 0) is 24.3 Å². The number of aromatic nitrogens is 2. The van der Waals surface area contributed by atoms with E-state index in [1.54, 1.807) is 12.4 Å². The molecule has 0 unspecified atom stereocenters. The predicted molar refractivity (Wildman–Crippen MR) is 71.1 cm³/mol. The van der Waals surface area contributed by atoms with E-state index in [0.717, 1.165) is 11.4 Å². The van der Waals surface area contributed by atoms with Gasteiger partial charge in [0.15, 0.2) is 11.0 Å². The third kappa shape index (κ3) is 2.85. The zero-order chi connectivity index (χ0) is 12.3. The van der Waals surface area contributed by atoms with Gasteiger partial charge in [-0.15, -0.1) is 0 Å². The smallest absolute Gasteiger partial charge is 0.171 e. The molecule has 0 bridgehead atoms. The Bertz CT molecular complexity index is 496. The molecule has 2 rings (SSSR count). The van der Waals surface area contributed by atoms with Crippen molar-refractivity contribution in [1.29, 1.82) is 0 Å². The number of hydrogen-bond donors (Lipinski definition) is 1. The van der Waals surface area contributed by atoms with E-state index in [-0.39, 0.29) is 0 Å². The molecule has 0 aliphatic carbocycles. The molecular weight excluding hydrogens is 236 g/mol. The largest absolute Gasteiger partial charge is 0.378 e. The Morgan fingerprint density at radius 3 is 2.29 bits per heavy atom. The van der Waals surface area contributed by atoms with Crippen molar-refractivity contribution in [2.75, 3.05) is 24.3 Å². The normalized spacial score (nSPS) is 10.1. The van der Waals surface area contributed by atoms with Crippen LogP contribution in [0.3, 0.4) is 0 Å². The van der Waals surface area contributed by atoms with Gasteiger partial charge in [-0.1, -0.05) is 11.6 Å². The van der Waals surface area contributed by atoms with Crippen molar-refractivity contribution in [3.8, 4) is 0 Å². The lowest BCUT2D eigenvalue weighted by molar-refractivity contribution is 1.13. The summed E-state index contributed by atoms with van der Waals surface area (Å²) in [6, 6.07) is 7.99. The average Bonchev–Trinajstić information content (AvgIpc) is 2.33. The van der Waals surface area contributed by atoms with E-state index in [9.17, 15) is 0 Å². The minimum Gasteiger partial charge on any atom is -0.378 e. The minimum absolute atomic E-state index is 0.365. The van der Waals surface area contributed by atoms with Gasteiger partial charge in [-0.2, -0.15) is 0 Å². The lowest BCUT2D eigenvalue weighted by Crippen LogP contribution is -2.08. The quantitative estimate of drug-likeness (QED) is 0.907. The molecule has 1 aromatic heterocycles. The fraction of sp³-hybridized carbons (Fsp3) is 0.167. The summed E-state index contributed by atoms with van der Waals surface area (Å²) in [5.74, 6) is 0.562. The van der Waals surface area contributed by atoms with Crippen LogP contribution in [0.15, 0.2) is 36.7 Å². The molecule has 0 amide bonds. The zero-order valence-electron chi connectivity index (χ0n) is 9.68. The first-order valence-electron chi connectivity index (χ1n) is 5.18. The molecule has 0 aliphatic heterocycles. The highest BCUT2D eigenvalue weighted by Gasteiger charge is 2.02. The van der Waals surface area contributed by atoms with E-state index in [2.05, 4.69) is 15.3 Å². The molecule has 2 aromatic rings. The van der Waals surface area contributed by atoms with Crippen LogP contribution < -0.4 is 10.2 Å². The second kappa shape index (κ2) is 5.01. The van der Waals surface area contributed by atoms with Crippen LogP contribution in [0.2, 0.25) is 5.15 Å². The van der Waals surface area contributed by atoms with E-state index < -0.39 is 0 Å². The molecule has 0 saturated carbocycles. The molecular formula is C12H13ClN4. The summed E-state index contributed by atoms with van der Waals surface area (Å²) in [6.45, 7) is 0. The molecule has 88 valence electrons. The summed E-state index contributed by atoms with van der Waals surface area (Å²) in [7, 11) is 4.00. The molecule has 1 N–H and O–H groups in total. The summed E-state index contributed by atoms with van der Waals surface area (Å²) in [4.78, 5) is 10.1. The third-order valence-electron chi connectivity index (χ3n) is 2.30. The number of benzene rings is 1. The highest BCUT2D eigenvalue weighted by atomic mass is 35.5. The van der Waals surface area contributed by atoms with E-state index in [1.807, 2.05) is 43.3 Å². The maximum atomic E-state index is 5.91. The van der Waals surface area contributed by atoms with E-state index in [1.165, 1.54) is 0 Å². The van der Waals surface area contributed by atoms with Crippen molar-refractivity contribution >= 4 is 28.8 Å². The third-order valence-corrected chi connectivity index (χ3v) is 2.58. The highest BCUT2D eigenvalue weighted by molar-refractivity contribution is 6.31. The fourth-order valence-electron chi connectivity index (χ4n) is 1.38. The second-order valence-electron chi connectivity index (χ2n) is 3.76. The Labute approximate surface area is 105 Å². The first-order chi connectivity index (χ1) is 8.16. The number of halogens is 1. The molecule has 5 heteroatoms. The van der Waals surface area contributed by atoms with Crippen LogP contribution in [0.4, 0.5) is 17.2 Å². The molecule has 0 radical (unpaired) electrons. The number of nitrogens with one attached hydrogen (secondary N) is 1. The molecule has 0 saturated heterocycles. The Hall–Kier alpha value is -1.81. The molecule has 0 aliphatic rings. The molecule has 0 atom stereocenters. The first kappa shape index (κ1) is 11.7. The van der Waals surface area contributed by atoms with E-state index in [0.29, 0.717) is 11.0 Å². The van der Waals surface area contributed by atoms with Crippen LogP contribution >= 0.6 is 11.6 Å². The summed E-state index contributed by atoms with van der Waals surface area (Å²) >= 11 is 5.91. The van der Waals surface area contributed by atoms with Gasteiger partial charge >= 0.3 is 0 Å². The van der Waals surface area contributed by atoms with Crippen molar-refractivity contribution in [2.24, 2.45) is 0 Å². The summed E-state index contributed by atoms with van der Waals surface area (Å²) < 4.78 is 0. The second-order valence-corrected chi connectivity index (χ2v) is 4.12. The fourth-order valence-corrected chi connectivity index (χ4v) is 1.54. The minimum atomic E-state index is 0.365. The van der Waals surface area contributed by atoms with Gasteiger partial charge in [-0.3, -0.25) is 0 Å². The predicted octanol–water partition coefficient (Wildman–Crippen LogP) is 2.94. The SMILES string of the molecule is CN(C)c1ccc(Nc2nccnc2Cl)cc1. The van der Waals surface area contributed by atoms with Crippen LogP contribution in [-0.2, 0) is 0 Å². The Morgan fingerprint density at radius 1 is 1.06 bits per heavy atom. The van der Waals surface area contributed by atoms with Crippen molar-refractivity contribution in [3.05, 3.63) is 41.8 Å². The summed E-state index contributed by atoms with van der Waals surface area (Å²) in [5, 5.41) is 3.48. The molecule has 0 fully saturated rings. The first-order valence-corrected chi connectivity index (χ1v) is 5.55. The topological polar surface area (TPSA) is 41.0 Å². The molecule has 0 spiro atoms. The van der Waals surface area contributed by atoms with Gasteiger partial charge in [0, 0.05) is 37.9 Å². The number of nitrogens with zero attached hydrogens (tertiary/aromatic N) is 3. The summed E-state index contributed by atoms with van der Waals surface area (Å²) in [5.41, 5.74) is 2.07. The van der Waals surface area contributed by atoms with Crippen LogP contribution in [0.1, 0.15) is 0 Å². The maximum Gasteiger partial charge on any atom is 0.171 e. The van der Waals surface area contributed by atoms with Gasteiger partial charge in [0.25, 0.3) is 0 Å². The lowest BCUT2D eigenvalue weighted by atomic mass is 10.2. The standard InChI is InChI=1S/C12H13ClN4/c1-17(2)10-5-3-9(4-6-10)16-12-11(13)14-7-8-15-12/h3-8H,1-2H3,(H,15,16). The van der Waals surface area contributed by atoms with Crippen molar-refractivity contribution in [1.82, 2.24) is 9.97 Å². The Balaban J connectivity index is 2.17. The number of rotatable bonds is 3. The van der Waals surface area contributed by atoms with Crippen LogP contribution in [-0.4, -0.2) is 24.1 Å². The number of anilines is 3. The molecule has 4 nitrogen and oxygen atoms in total. The van der Waals surface area contributed by atoms with Crippen molar-refractivity contribution in [2.45, 2.75) is 0 Å². The van der Waals surface area contributed by atoms with Crippen LogP contribution in [0.5, 0.6) is 0 Å². The Morgan fingerprint density at radius 2 is 1.71 bits per heavy atom. The summed E-state index contributed by atoms with van der Waals surface area (Å²) in [6.07, 6.45) is 3.16. The zero-order valence-corrected chi connectivity index (χ0v) is 10.4. The van der Waals surface area contributed by atoms with Gasteiger partial charge in [0.1, 0.15) is 0 Å². The van der Waals surface area contributed by atoms with Crippen molar-refractivity contribution < 1.29 is 0 Å². The van der Waals surface area contributed by atoms with Gasteiger partial charge in [0.05, 0.1) is 0 Å². The highest BCUT2D eigenvalue weighted by Crippen LogP contribution is 2.22.